The summed E-state index contributed by atoms with van der Waals surface area (Å²) < 4.78 is 0. The van der Waals surface area contributed by atoms with E-state index >= 15 is 0 Å². The Morgan fingerprint density at radius 3 is 2.50 bits per heavy atom. The number of hydrogen-bond acceptors (Lipinski definition) is 3. The predicted octanol–water partition coefficient (Wildman–Crippen LogP) is 1.07. The molecule has 0 spiro atoms. The zero-order chi connectivity index (χ0) is 10.1. The molecule has 14 heavy (non-hydrogen) atoms. The highest BCUT2D eigenvalue weighted by molar-refractivity contribution is 7.80. The van der Waals surface area contributed by atoms with Crippen molar-refractivity contribution in [1.82, 2.24) is 0 Å². The number of aliphatic hydroxyl groups excluding tert-OH is 1. The first kappa shape index (κ1) is 9.55. The van der Waals surface area contributed by atoms with E-state index in [0.717, 1.165) is 10.6 Å². The number of rotatable bonds is 1. The number of anilines is 1. The van der Waals surface area contributed by atoms with Crippen LogP contribution in [-0.2, 0) is 4.79 Å². The van der Waals surface area contributed by atoms with E-state index in [1.54, 1.807) is 4.90 Å². The minimum absolute atomic E-state index is 0.0237. The van der Waals surface area contributed by atoms with Crippen molar-refractivity contribution in [3.8, 4) is 0 Å². The molecule has 0 radical (unpaired) electrons. The maximum absolute atomic E-state index is 11.4. The van der Waals surface area contributed by atoms with E-state index in [-0.39, 0.29) is 12.3 Å². The van der Waals surface area contributed by atoms with Crippen molar-refractivity contribution >= 4 is 24.2 Å². The molecule has 3 nitrogen and oxygen atoms in total. The summed E-state index contributed by atoms with van der Waals surface area (Å²) in [5, 5.41) is 9.31. The standard InChI is InChI=1S/C10H11NO2S/c12-8-5-10(13)11(6-8)7-1-3-9(14)4-2-7/h1-4,8,12,14H,5-6H2. The number of benzene rings is 1. The number of amides is 1. The molecule has 0 saturated carbocycles. The summed E-state index contributed by atoms with van der Waals surface area (Å²) in [6.07, 6.45) is -0.305. The van der Waals surface area contributed by atoms with E-state index in [1.165, 1.54) is 0 Å². The Hall–Kier alpha value is -1.00. The Morgan fingerprint density at radius 2 is 2.00 bits per heavy atom. The van der Waals surface area contributed by atoms with E-state index in [1.807, 2.05) is 24.3 Å². The monoisotopic (exact) mass is 209 g/mol. The van der Waals surface area contributed by atoms with E-state index in [9.17, 15) is 9.90 Å². The van der Waals surface area contributed by atoms with Crippen LogP contribution >= 0.6 is 12.6 Å². The van der Waals surface area contributed by atoms with Gasteiger partial charge in [-0.3, -0.25) is 4.79 Å². The van der Waals surface area contributed by atoms with E-state index in [4.69, 9.17) is 0 Å². The lowest BCUT2D eigenvalue weighted by Gasteiger charge is -2.15. The number of nitrogens with zero attached hydrogens (tertiary/aromatic N) is 1. The largest absolute Gasteiger partial charge is 0.391 e. The lowest BCUT2D eigenvalue weighted by Crippen LogP contribution is -2.24. The highest BCUT2D eigenvalue weighted by Crippen LogP contribution is 2.22. The first-order valence-corrected chi connectivity index (χ1v) is 4.89. The third kappa shape index (κ3) is 1.76. The van der Waals surface area contributed by atoms with Gasteiger partial charge in [0.15, 0.2) is 0 Å². The molecule has 1 aromatic rings. The second-order valence-electron chi connectivity index (χ2n) is 3.38. The lowest BCUT2D eigenvalue weighted by atomic mass is 10.3. The molecule has 2 rings (SSSR count). The Labute approximate surface area is 87.8 Å². The quantitative estimate of drug-likeness (QED) is 0.679. The van der Waals surface area contributed by atoms with Crippen molar-refractivity contribution in [1.29, 1.82) is 0 Å². The zero-order valence-corrected chi connectivity index (χ0v) is 8.45. The number of aliphatic hydroxyl groups is 1. The topological polar surface area (TPSA) is 40.5 Å². The van der Waals surface area contributed by atoms with Gasteiger partial charge in [-0.2, -0.15) is 0 Å². The first-order valence-electron chi connectivity index (χ1n) is 4.44. The number of hydrogen-bond donors (Lipinski definition) is 2. The zero-order valence-electron chi connectivity index (χ0n) is 7.55. The second kappa shape index (κ2) is 3.63. The molecule has 1 aliphatic heterocycles. The first-order chi connectivity index (χ1) is 6.66. The van der Waals surface area contributed by atoms with Crippen molar-refractivity contribution in [2.24, 2.45) is 0 Å². The average Bonchev–Trinajstić information content (AvgIpc) is 2.47. The summed E-state index contributed by atoms with van der Waals surface area (Å²) in [7, 11) is 0. The number of carbonyl (C=O) groups excluding carboxylic acids is 1. The Bertz CT molecular complexity index is 350. The minimum Gasteiger partial charge on any atom is -0.391 e. The molecule has 0 aliphatic carbocycles. The number of carbonyl (C=O) groups is 1. The molecule has 1 atom stereocenters. The normalized spacial score (nSPS) is 21.7. The van der Waals surface area contributed by atoms with Gasteiger partial charge in [0.25, 0.3) is 0 Å². The van der Waals surface area contributed by atoms with Gasteiger partial charge < -0.3 is 10.0 Å². The van der Waals surface area contributed by atoms with Gasteiger partial charge in [-0.05, 0) is 24.3 Å². The fourth-order valence-corrected chi connectivity index (χ4v) is 1.72. The summed E-state index contributed by atoms with van der Waals surface area (Å²) in [5.41, 5.74) is 0.823. The van der Waals surface area contributed by atoms with Crippen molar-refractivity contribution in [2.45, 2.75) is 17.4 Å². The fourth-order valence-electron chi connectivity index (χ4n) is 1.57. The highest BCUT2D eigenvalue weighted by Gasteiger charge is 2.28. The Balaban J connectivity index is 2.23. The molecule has 1 fully saturated rings. The van der Waals surface area contributed by atoms with Crippen LogP contribution in [0.2, 0.25) is 0 Å². The predicted molar refractivity (Wildman–Crippen MR) is 56.7 cm³/mol. The van der Waals surface area contributed by atoms with Crippen molar-refractivity contribution in [3.63, 3.8) is 0 Å². The molecule has 0 aromatic heterocycles. The molecule has 4 heteroatoms. The third-order valence-corrected chi connectivity index (χ3v) is 2.56. The fraction of sp³-hybridized carbons (Fsp3) is 0.300. The van der Waals surface area contributed by atoms with Gasteiger partial charge >= 0.3 is 0 Å². The SMILES string of the molecule is O=C1CC(O)CN1c1ccc(S)cc1. The summed E-state index contributed by atoms with van der Waals surface area (Å²) >= 11 is 4.16. The number of β-amino-alcohol motifs (C(OH)–C–C–N with tert-alkyl or cyclic N) is 1. The van der Waals surface area contributed by atoms with E-state index < -0.39 is 6.10 Å². The van der Waals surface area contributed by atoms with Gasteiger partial charge in [0.1, 0.15) is 0 Å². The maximum atomic E-state index is 11.4. The van der Waals surface area contributed by atoms with Crippen LogP contribution in [0.3, 0.4) is 0 Å². The molecule has 74 valence electrons. The molecule has 1 unspecified atom stereocenters. The third-order valence-electron chi connectivity index (χ3n) is 2.27. The maximum Gasteiger partial charge on any atom is 0.229 e. The molecule has 1 amide bonds. The van der Waals surface area contributed by atoms with Crippen LogP contribution < -0.4 is 4.90 Å². The second-order valence-corrected chi connectivity index (χ2v) is 3.90. The van der Waals surface area contributed by atoms with Crippen molar-refractivity contribution < 1.29 is 9.90 Å². The Kier molecular flexibility index (Phi) is 2.48. The molecule has 1 heterocycles. The Morgan fingerprint density at radius 1 is 1.36 bits per heavy atom. The molecule has 1 aromatic carbocycles. The van der Waals surface area contributed by atoms with Crippen LogP contribution in [0.25, 0.3) is 0 Å². The number of thiol groups is 1. The molecule has 1 saturated heterocycles. The van der Waals surface area contributed by atoms with Crippen LogP contribution in [0.5, 0.6) is 0 Å². The summed E-state index contributed by atoms with van der Waals surface area (Å²) in [6.45, 7) is 0.394. The van der Waals surface area contributed by atoms with E-state index in [0.29, 0.717) is 6.54 Å². The van der Waals surface area contributed by atoms with Crippen LogP contribution in [0.15, 0.2) is 29.2 Å². The van der Waals surface area contributed by atoms with Gasteiger partial charge in [0.05, 0.1) is 19.1 Å². The smallest absolute Gasteiger partial charge is 0.229 e. The summed E-state index contributed by atoms with van der Waals surface area (Å²) in [4.78, 5) is 13.9. The molecule has 0 bridgehead atoms. The molecular weight excluding hydrogens is 198 g/mol. The minimum atomic E-state index is -0.529. The van der Waals surface area contributed by atoms with Gasteiger partial charge in [0.2, 0.25) is 5.91 Å². The van der Waals surface area contributed by atoms with Gasteiger partial charge in [-0.25, -0.2) is 0 Å². The molecule has 1 aliphatic rings. The van der Waals surface area contributed by atoms with Gasteiger partial charge in [-0.1, -0.05) is 0 Å². The summed E-state index contributed by atoms with van der Waals surface area (Å²) in [6, 6.07) is 7.32. The van der Waals surface area contributed by atoms with Crippen LogP contribution in [0, 0.1) is 0 Å². The van der Waals surface area contributed by atoms with Gasteiger partial charge in [-0.15, -0.1) is 12.6 Å². The van der Waals surface area contributed by atoms with Gasteiger partial charge in [0, 0.05) is 10.6 Å². The van der Waals surface area contributed by atoms with Crippen LogP contribution in [0.1, 0.15) is 6.42 Å². The highest BCUT2D eigenvalue weighted by atomic mass is 32.1. The summed E-state index contributed by atoms with van der Waals surface area (Å²) in [5.74, 6) is -0.0237. The lowest BCUT2D eigenvalue weighted by molar-refractivity contribution is -0.117. The average molecular weight is 209 g/mol. The molecule has 1 N–H and O–H groups in total. The van der Waals surface area contributed by atoms with Crippen molar-refractivity contribution in [2.75, 3.05) is 11.4 Å². The van der Waals surface area contributed by atoms with Crippen LogP contribution in [-0.4, -0.2) is 23.7 Å². The van der Waals surface area contributed by atoms with E-state index in [2.05, 4.69) is 12.6 Å². The molecular formula is C10H11NO2S. The van der Waals surface area contributed by atoms with Crippen molar-refractivity contribution in [3.05, 3.63) is 24.3 Å². The van der Waals surface area contributed by atoms with Crippen LogP contribution in [0.4, 0.5) is 5.69 Å².